The maximum Gasteiger partial charge on any atom is 0.165 e. The van der Waals surface area contributed by atoms with Crippen LogP contribution in [0.4, 0.5) is 0 Å². The van der Waals surface area contributed by atoms with Crippen LogP contribution < -0.4 is 0 Å². The summed E-state index contributed by atoms with van der Waals surface area (Å²) in [5, 5.41) is 8.52. The number of aromatic nitrogens is 5. The molecule has 0 aliphatic heterocycles. The van der Waals surface area contributed by atoms with Gasteiger partial charge in [0.25, 0.3) is 0 Å². The molecule has 5 heteroatoms. The van der Waals surface area contributed by atoms with E-state index in [1.165, 1.54) is 59.9 Å². The number of benzene rings is 7. The van der Waals surface area contributed by atoms with Crippen molar-refractivity contribution in [2.24, 2.45) is 0 Å². The van der Waals surface area contributed by atoms with E-state index >= 15 is 0 Å². The summed E-state index contributed by atoms with van der Waals surface area (Å²) in [5.41, 5.74) is 13.1. The molecule has 5 aromatic heterocycles. The Bertz CT molecular complexity index is 3330. The average Bonchev–Trinajstić information content (AvgIpc) is 3.87. The van der Waals surface area contributed by atoms with Crippen molar-refractivity contribution in [3.63, 3.8) is 0 Å². The van der Waals surface area contributed by atoms with Gasteiger partial charge >= 0.3 is 0 Å². The van der Waals surface area contributed by atoms with Gasteiger partial charge in [-0.1, -0.05) is 91.0 Å². The standard InChI is InChI=1S/C44H25N5/c1-2-11-26(12-3-1)47-37-19-8-4-13-28(37)30-22-21-27(23-39(30)47)48-38-20-9-5-14-29(38)33-24-41-34(25-40(33)48)31-15-10-16-32-42-44(49(41)43(31)32)46-36-18-7-6-17-35(36)45-42/h1-25H. The van der Waals surface area contributed by atoms with E-state index in [0.29, 0.717) is 0 Å². The van der Waals surface area contributed by atoms with Crippen LogP contribution >= 0.6 is 0 Å². The van der Waals surface area contributed by atoms with Gasteiger partial charge in [-0.05, 0) is 60.7 Å². The minimum Gasteiger partial charge on any atom is -0.309 e. The van der Waals surface area contributed by atoms with Gasteiger partial charge in [-0.25, -0.2) is 9.97 Å². The first-order valence-corrected chi connectivity index (χ1v) is 16.7. The molecule has 0 aliphatic carbocycles. The molecule has 5 heterocycles. The van der Waals surface area contributed by atoms with E-state index in [1.807, 2.05) is 24.3 Å². The summed E-state index contributed by atoms with van der Waals surface area (Å²) in [6.07, 6.45) is 0. The number of fused-ring (bicyclic) bond motifs is 13. The van der Waals surface area contributed by atoms with E-state index in [9.17, 15) is 0 Å². The molecule has 226 valence electrons. The Kier molecular flexibility index (Phi) is 4.66. The zero-order valence-corrected chi connectivity index (χ0v) is 26.2. The van der Waals surface area contributed by atoms with Gasteiger partial charge in [0.05, 0.1) is 44.1 Å². The zero-order chi connectivity index (χ0) is 31.8. The molecule has 12 aromatic rings. The van der Waals surface area contributed by atoms with E-state index in [4.69, 9.17) is 9.97 Å². The summed E-state index contributed by atoms with van der Waals surface area (Å²) in [6, 6.07) is 54.6. The third-order valence-electron chi connectivity index (χ3n) is 10.5. The first kappa shape index (κ1) is 25.4. The topological polar surface area (TPSA) is 40.0 Å². The normalized spacial score (nSPS) is 12.5. The molecule has 0 N–H and O–H groups in total. The quantitative estimate of drug-likeness (QED) is 0.192. The molecule has 0 amide bonds. The van der Waals surface area contributed by atoms with Crippen LogP contribution in [0.25, 0.3) is 104 Å². The first-order chi connectivity index (χ1) is 24.3. The molecule has 0 spiro atoms. The van der Waals surface area contributed by atoms with E-state index in [1.54, 1.807) is 0 Å². The number of para-hydroxylation sites is 6. The Morgan fingerprint density at radius 2 is 0.918 bits per heavy atom. The molecule has 49 heavy (non-hydrogen) atoms. The lowest BCUT2D eigenvalue weighted by Gasteiger charge is -2.11. The van der Waals surface area contributed by atoms with Crippen LogP contribution in [-0.2, 0) is 0 Å². The largest absolute Gasteiger partial charge is 0.309 e. The number of hydrogen-bond acceptors (Lipinski definition) is 2. The fraction of sp³-hybridized carbons (Fsp3) is 0. The molecule has 0 fully saturated rings. The van der Waals surface area contributed by atoms with Gasteiger partial charge in [0, 0.05) is 49.1 Å². The van der Waals surface area contributed by atoms with Crippen molar-refractivity contribution >= 4 is 93.0 Å². The predicted octanol–water partition coefficient (Wildman–Crippen LogP) is 11.0. The van der Waals surface area contributed by atoms with Crippen LogP contribution in [0.5, 0.6) is 0 Å². The summed E-state index contributed by atoms with van der Waals surface area (Å²) < 4.78 is 7.17. The van der Waals surface area contributed by atoms with Crippen LogP contribution in [0.1, 0.15) is 0 Å². The van der Waals surface area contributed by atoms with Gasteiger partial charge in [0.2, 0.25) is 0 Å². The Balaban J connectivity index is 1.21. The fourth-order valence-corrected chi connectivity index (χ4v) is 8.50. The van der Waals surface area contributed by atoms with Gasteiger partial charge < -0.3 is 9.13 Å². The van der Waals surface area contributed by atoms with Crippen molar-refractivity contribution in [3.8, 4) is 11.4 Å². The highest BCUT2D eigenvalue weighted by Gasteiger charge is 2.23. The van der Waals surface area contributed by atoms with Gasteiger partial charge in [-0.3, -0.25) is 4.40 Å². The molecule has 0 unspecified atom stereocenters. The summed E-state index contributed by atoms with van der Waals surface area (Å²) in [6.45, 7) is 0. The van der Waals surface area contributed by atoms with Gasteiger partial charge in [-0.15, -0.1) is 0 Å². The van der Waals surface area contributed by atoms with Crippen LogP contribution in [0, 0.1) is 0 Å². The van der Waals surface area contributed by atoms with Gasteiger partial charge in [-0.2, -0.15) is 0 Å². The Morgan fingerprint density at radius 3 is 1.73 bits per heavy atom. The third kappa shape index (κ3) is 3.19. The highest BCUT2D eigenvalue weighted by atomic mass is 15.0. The lowest BCUT2D eigenvalue weighted by atomic mass is 10.1. The predicted molar refractivity (Wildman–Crippen MR) is 203 cm³/mol. The molecule has 12 rings (SSSR count). The summed E-state index contributed by atoms with van der Waals surface area (Å²) in [5.74, 6) is 0. The van der Waals surface area contributed by atoms with Crippen molar-refractivity contribution < 1.29 is 0 Å². The summed E-state index contributed by atoms with van der Waals surface area (Å²) >= 11 is 0. The van der Waals surface area contributed by atoms with Gasteiger partial charge in [0.15, 0.2) is 5.65 Å². The third-order valence-corrected chi connectivity index (χ3v) is 10.5. The van der Waals surface area contributed by atoms with Crippen molar-refractivity contribution in [2.75, 3.05) is 0 Å². The Morgan fingerprint density at radius 1 is 0.347 bits per heavy atom. The lowest BCUT2D eigenvalue weighted by Crippen LogP contribution is -1.96. The van der Waals surface area contributed by atoms with E-state index in [2.05, 4.69) is 141 Å². The molecule has 0 saturated carbocycles. The van der Waals surface area contributed by atoms with E-state index < -0.39 is 0 Å². The smallest absolute Gasteiger partial charge is 0.165 e. The van der Waals surface area contributed by atoms with Crippen molar-refractivity contribution in [3.05, 3.63) is 152 Å². The van der Waals surface area contributed by atoms with Crippen LogP contribution in [0.15, 0.2) is 152 Å². The molecule has 0 aliphatic rings. The molecule has 5 nitrogen and oxygen atoms in total. The molecule has 0 saturated heterocycles. The maximum atomic E-state index is 5.19. The second-order valence-corrected chi connectivity index (χ2v) is 13.1. The summed E-state index contributed by atoms with van der Waals surface area (Å²) in [4.78, 5) is 10.3. The summed E-state index contributed by atoms with van der Waals surface area (Å²) in [7, 11) is 0. The molecular weight excluding hydrogens is 599 g/mol. The number of hydrogen-bond donors (Lipinski definition) is 0. The molecule has 7 aromatic carbocycles. The molecule has 0 radical (unpaired) electrons. The van der Waals surface area contributed by atoms with Crippen molar-refractivity contribution in [1.82, 2.24) is 23.5 Å². The van der Waals surface area contributed by atoms with Crippen LogP contribution in [0.2, 0.25) is 0 Å². The minimum atomic E-state index is 0.905. The Labute approximate surface area is 278 Å². The SMILES string of the molecule is c1ccc(-n2c3ccccc3c3ccc(-n4c5ccccc5c5cc6c(cc54)c4cccc5c7nc8ccccc8nc7n6c45)cc32)cc1. The number of rotatable bonds is 2. The van der Waals surface area contributed by atoms with Crippen LogP contribution in [0.3, 0.4) is 0 Å². The highest BCUT2D eigenvalue weighted by molar-refractivity contribution is 6.25. The second kappa shape index (κ2) is 9.00. The fourth-order valence-electron chi connectivity index (χ4n) is 8.50. The van der Waals surface area contributed by atoms with Gasteiger partial charge in [0.1, 0.15) is 5.52 Å². The minimum absolute atomic E-state index is 0.905. The zero-order valence-electron chi connectivity index (χ0n) is 26.2. The molecule has 0 bridgehead atoms. The maximum absolute atomic E-state index is 5.19. The van der Waals surface area contributed by atoms with Crippen molar-refractivity contribution in [1.29, 1.82) is 0 Å². The monoisotopic (exact) mass is 623 g/mol. The second-order valence-electron chi connectivity index (χ2n) is 13.1. The van der Waals surface area contributed by atoms with E-state index in [0.717, 1.165) is 44.5 Å². The molecular formula is C44H25N5. The lowest BCUT2D eigenvalue weighted by molar-refractivity contribution is 1.16. The van der Waals surface area contributed by atoms with Crippen molar-refractivity contribution in [2.45, 2.75) is 0 Å². The number of nitrogens with zero attached hydrogens (tertiary/aromatic N) is 5. The Hall–Kier alpha value is -6.72. The highest BCUT2D eigenvalue weighted by Crippen LogP contribution is 2.43. The first-order valence-electron chi connectivity index (χ1n) is 16.7. The molecule has 0 atom stereocenters. The van der Waals surface area contributed by atoms with E-state index in [-0.39, 0.29) is 0 Å². The average molecular weight is 624 g/mol. The van der Waals surface area contributed by atoms with Crippen LogP contribution in [-0.4, -0.2) is 23.5 Å².